The summed E-state index contributed by atoms with van der Waals surface area (Å²) < 4.78 is 10.4. The lowest BCUT2D eigenvalue weighted by molar-refractivity contribution is -0.124. The molecule has 5 nitrogen and oxygen atoms in total. The highest BCUT2D eigenvalue weighted by Gasteiger charge is 2.29. The van der Waals surface area contributed by atoms with Crippen LogP contribution in [0.3, 0.4) is 0 Å². The highest BCUT2D eigenvalue weighted by atomic mass is 35.5. The van der Waals surface area contributed by atoms with Crippen LogP contribution in [0.1, 0.15) is 22.8 Å². The van der Waals surface area contributed by atoms with Crippen molar-refractivity contribution in [1.29, 1.82) is 0 Å². The number of carbonyl (C=O) groups is 2. The first-order valence-electron chi connectivity index (χ1n) is 7.94. The molecule has 1 heterocycles. The predicted octanol–water partition coefficient (Wildman–Crippen LogP) is 3.48. The van der Waals surface area contributed by atoms with E-state index < -0.39 is 6.10 Å². The van der Waals surface area contributed by atoms with Crippen LogP contribution < -0.4 is 9.64 Å². The van der Waals surface area contributed by atoms with Gasteiger partial charge in [-0.25, -0.2) is 4.79 Å². The lowest BCUT2D eigenvalue weighted by atomic mass is 10.1. The molecule has 1 aliphatic heterocycles. The van der Waals surface area contributed by atoms with Crippen LogP contribution in [-0.4, -0.2) is 31.6 Å². The topological polar surface area (TPSA) is 55.8 Å². The first-order chi connectivity index (χ1) is 12.0. The number of hydrogen-bond acceptors (Lipinski definition) is 4. The standard InChI is InChI=1S/C19H18ClNO4/c1-12(25-16-5-3-4-15(20)11-16)18(22)21-9-8-13-10-14(19(23)24-2)6-7-17(13)21/h3-7,10-12H,8-9H2,1-2H3. The fourth-order valence-electron chi connectivity index (χ4n) is 2.89. The number of halogens is 1. The Bertz CT molecular complexity index is 821. The number of esters is 1. The predicted molar refractivity (Wildman–Crippen MR) is 95.4 cm³/mol. The van der Waals surface area contributed by atoms with Gasteiger partial charge in [0.05, 0.1) is 12.7 Å². The largest absolute Gasteiger partial charge is 0.481 e. The van der Waals surface area contributed by atoms with Crippen molar-refractivity contribution in [1.82, 2.24) is 0 Å². The monoisotopic (exact) mass is 359 g/mol. The third-order valence-corrected chi connectivity index (χ3v) is 4.35. The zero-order valence-corrected chi connectivity index (χ0v) is 14.7. The lowest BCUT2D eigenvalue weighted by Crippen LogP contribution is -2.39. The summed E-state index contributed by atoms with van der Waals surface area (Å²) in [6, 6.07) is 12.2. The van der Waals surface area contributed by atoms with Crippen LogP contribution in [0.15, 0.2) is 42.5 Å². The molecule has 1 amide bonds. The normalized spacial score (nSPS) is 14.0. The van der Waals surface area contributed by atoms with Crippen LogP contribution in [0, 0.1) is 0 Å². The molecule has 0 aliphatic carbocycles. The summed E-state index contributed by atoms with van der Waals surface area (Å²) in [5.74, 6) is 0.0311. The van der Waals surface area contributed by atoms with E-state index in [1.807, 2.05) is 0 Å². The van der Waals surface area contributed by atoms with Crippen molar-refractivity contribution >= 4 is 29.2 Å². The Kier molecular flexibility index (Phi) is 4.95. The van der Waals surface area contributed by atoms with E-state index in [2.05, 4.69) is 0 Å². The van der Waals surface area contributed by atoms with Crippen LogP contribution in [-0.2, 0) is 16.0 Å². The van der Waals surface area contributed by atoms with Crippen molar-refractivity contribution in [2.45, 2.75) is 19.4 Å². The molecular weight excluding hydrogens is 342 g/mol. The number of fused-ring (bicyclic) bond motifs is 1. The molecule has 3 rings (SSSR count). The van der Waals surface area contributed by atoms with Crippen molar-refractivity contribution in [2.75, 3.05) is 18.6 Å². The third-order valence-electron chi connectivity index (χ3n) is 4.12. The molecule has 0 saturated carbocycles. The van der Waals surface area contributed by atoms with Crippen LogP contribution in [0.2, 0.25) is 5.02 Å². The zero-order valence-electron chi connectivity index (χ0n) is 14.0. The van der Waals surface area contributed by atoms with E-state index in [4.69, 9.17) is 21.1 Å². The Morgan fingerprint density at radius 1 is 1.20 bits per heavy atom. The number of methoxy groups -OCH3 is 1. The number of anilines is 1. The lowest BCUT2D eigenvalue weighted by Gasteiger charge is -2.22. The summed E-state index contributed by atoms with van der Waals surface area (Å²) in [7, 11) is 1.35. The maximum atomic E-state index is 12.7. The molecule has 130 valence electrons. The van der Waals surface area contributed by atoms with E-state index in [0.717, 1.165) is 11.3 Å². The fraction of sp³-hybridized carbons (Fsp3) is 0.263. The highest BCUT2D eigenvalue weighted by molar-refractivity contribution is 6.30. The molecule has 0 N–H and O–H groups in total. The van der Waals surface area contributed by atoms with Gasteiger partial charge in [-0.05, 0) is 55.3 Å². The number of benzene rings is 2. The van der Waals surface area contributed by atoms with E-state index in [0.29, 0.717) is 29.3 Å². The van der Waals surface area contributed by atoms with E-state index in [9.17, 15) is 9.59 Å². The molecule has 6 heteroatoms. The molecule has 1 aliphatic rings. The molecule has 0 aromatic heterocycles. The van der Waals surface area contributed by atoms with Gasteiger partial charge in [-0.15, -0.1) is 0 Å². The first kappa shape index (κ1) is 17.3. The van der Waals surface area contributed by atoms with Gasteiger partial charge in [0.2, 0.25) is 0 Å². The number of rotatable bonds is 4. The van der Waals surface area contributed by atoms with Crippen LogP contribution in [0.4, 0.5) is 5.69 Å². The molecule has 25 heavy (non-hydrogen) atoms. The molecule has 0 saturated heterocycles. The average molecular weight is 360 g/mol. The van der Waals surface area contributed by atoms with Crippen LogP contribution in [0.5, 0.6) is 5.75 Å². The molecule has 2 aromatic carbocycles. The zero-order chi connectivity index (χ0) is 18.0. The highest BCUT2D eigenvalue weighted by Crippen LogP contribution is 2.30. The molecule has 1 atom stereocenters. The second-order valence-corrected chi connectivity index (χ2v) is 6.23. The summed E-state index contributed by atoms with van der Waals surface area (Å²) in [5.41, 5.74) is 2.24. The summed E-state index contributed by atoms with van der Waals surface area (Å²) in [4.78, 5) is 26.1. The summed E-state index contributed by atoms with van der Waals surface area (Å²) in [6.45, 7) is 2.27. The van der Waals surface area contributed by atoms with Gasteiger partial charge in [-0.3, -0.25) is 4.79 Å². The van der Waals surface area contributed by atoms with Crippen molar-refractivity contribution in [3.63, 3.8) is 0 Å². The fourth-order valence-corrected chi connectivity index (χ4v) is 3.07. The Labute approximate surface area is 151 Å². The smallest absolute Gasteiger partial charge is 0.337 e. The van der Waals surface area contributed by atoms with Crippen molar-refractivity contribution in [3.8, 4) is 5.75 Å². The average Bonchev–Trinajstić information content (AvgIpc) is 3.03. The van der Waals surface area contributed by atoms with Gasteiger partial charge in [0.1, 0.15) is 5.75 Å². The van der Waals surface area contributed by atoms with Crippen LogP contribution in [0.25, 0.3) is 0 Å². The summed E-state index contributed by atoms with van der Waals surface area (Å²) in [6.07, 6.45) is 0.0418. The van der Waals surface area contributed by atoms with Crippen molar-refractivity contribution in [3.05, 3.63) is 58.6 Å². The number of ether oxygens (including phenoxy) is 2. The van der Waals surface area contributed by atoms with Gasteiger partial charge >= 0.3 is 5.97 Å². The minimum absolute atomic E-state index is 0.135. The summed E-state index contributed by atoms with van der Waals surface area (Å²) in [5, 5.41) is 0.555. The number of carbonyl (C=O) groups excluding carboxylic acids is 2. The maximum absolute atomic E-state index is 12.7. The van der Waals surface area contributed by atoms with Gasteiger partial charge in [0.15, 0.2) is 6.10 Å². The van der Waals surface area contributed by atoms with E-state index in [1.54, 1.807) is 54.3 Å². The van der Waals surface area contributed by atoms with Gasteiger partial charge in [0.25, 0.3) is 5.91 Å². The molecule has 0 bridgehead atoms. The molecule has 0 radical (unpaired) electrons. The molecule has 0 spiro atoms. The van der Waals surface area contributed by atoms with Gasteiger partial charge in [0, 0.05) is 17.3 Å². The van der Waals surface area contributed by atoms with Crippen molar-refractivity contribution < 1.29 is 19.1 Å². The SMILES string of the molecule is COC(=O)c1ccc2c(c1)CCN2C(=O)C(C)Oc1cccc(Cl)c1. The Balaban J connectivity index is 1.75. The maximum Gasteiger partial charge on any atom is 0.337 e. The Morgan fingerprint density at radius 2 is 2.00 bits per heavy atom. The van der Waals surface area contributed by atoms with E-state index >= 15 is 0 Å². The Hall–Kier alpha value is -2.53. The minimum Gasteiger partial charge on any atom is -0.481 e. The number of amides is 1. The molecule has 1 unspecified atom stereocenters. The number of hydrogen-bond donors (Lipinski definition) is 0. The van der Waals surface area contributed by atoms with Gasteiger partial charge in [-0.2, -0.15) is 0 Å². The molecular formula is C19H18ClNO4. The minimum atomic E-state index is -0.648. The Morgan fingerprint density at radius 3 is 2.72 bits per heavy atom. The summed E-state index contributed by atoms with van der Waals surface area (Å²) >= 11 is 5.94. The third kappa shape index (κ3) is 3.61. The van der Waals surface area contributed by atoms with E-state index in [1.165, 1.54) is 7.11 Å². The molecule has 0 fully saturated rings. The molecule has 2 aromatic rings. The quantitative estimate of drug-likeness (QED) is 0.784. The van der Waals surface area contributed by atoms with E-state index in [-0.39, 0.29) is 11.9 Å². The van der Waals surface area contributed by atoms with Crippen molar-refractivity contribution in [2.24, 2.45) is 0 Å². The van der Waals surface area contributed by atoms with Gasteiger partial charge < -0.3 is 14.4 Å². The first-order valence-corrected chi connectivity index (χ1v) is 8.32. The number of nitrogens with zero attached hydrogens (tertiary/aromatic N) is 1. The van der Waals surface area contributed by atoms with Gasteiger partial charge in [-0.1, -0.05) is 17.7 Å². The van der Waals surface area contributed by atoms with Crippen LogP contribution >= 0.6 is 11.6 Å². The second kappa shape index (κ2) is 7.15. The second-order valence-electron chi connectivity index (χ2n) is 5.79.